The molecule has 0 radical (unpaired) electrons. The van der Waals surface area contributed by atoms with Gasteiger partial charge in [-0.1, -0.05) is 26.2 Å². The number of hydrogen-bond acceptors (Lipinski definition) is 2. The molecule has 1 heterocycles. The number of nitrogens with zero attached hydrogens (tertiary/aromatic N) is 1. The van der Waals surface area contributed by atoms with Gasteiger partial charge in [0.1, 0.15) is 0 Å². The van der Waals surface area contributed by atoms with Crippen molar-refractivity contribution in [2.24, 2.45) is 29.4 Å². The van der Waals surface area contributed by atoms with Gasteiger partial charge in [0.05, 0.1) is 0 Å². The van der Waals surface area contributed by atoms with Crippen molar-refractivity contribution in [2.45, 2.75) is 64.3 Å². The molecule has 2 N–H and O–H groups in total. The number of carbonyl (C=O) groups is 1. The molecular weight excluding hydrogens is 248 g/mol. The lowest BCUT2D eigenvalue weighted by molar-refractivity contribution is -0.140. The quantitative estimate of drug-likeness (QED) is 0.801. The van der Waals surface area contributed by atoms with Gasteiger partial charge in [0.25, 0.3) is 0 Å². The Morgan fingerprint density at radius 3 is 2.55 bits per heavy atom. The fraction of sp³-hybridized carbons (Fsp3) is 0.941. The summed E-state index contributed by atoms with van der Waals surface area (Å²) in [6, 6.07) is 0.308. The predicted molar refractivity (Wildman–Crippen MR) is 81.1 cm³/mol. The summed E-state index contributed by atoms with van der Waals surface area (Å²) in [5, 5.41) is 0. The van der Waals surface area contributed by atoms with Crippen molar-refractivity contribution in [3.8, 4) is 0 Å². The average molecular weight is 278 g/mol. The summed E-state index contributed by atoms with van der Waals surface area (Å²) in [5.74, 6) is 2.90. The van der Waals surface area contributed by atoms with Gasteiger partial charge in [0, 0.05) is 25.0 Å². The Bertz CT molecular complexity index is 357. The zero-order valence-corrected chi connectivity index (χ0v) is 12.9. The van der Waals surface area contributed by atoms with Crippen LogP contribution in [0.1, 0.15) is 58.3 Å². The van der Waals surface area contributed by atoms with Gasteiger partial charge < -0.3 is 10.6 Å². The highest BCUT2D eigenvalue weighted by molar-refractivity contribution is 5.79. The van der Waals surface area contributed by atoms with Gasteiger partial charge >= 0.3 is 0 Å². The number of carbonyl (C=O) groups excluding carboxylic acids is 1. The van der Waals surface area contributed by atoms with Gasteiger partial charge in [-0.05, 0) is 49.9 Å². The molecule has 0 aromatic heterocycles. The molecule has 2 saturated carbocycles. The van der Waals surface area contributed by atoms with Crippen LogP contribution in [0.15, 0.2) is 0 Å². The molecule has 0 aromatic carbocycles. The van der Waals surface area contributed by atoms with Gasteiger partial charge in [-0.2, -0.15) is 0 Å². The van der Waals surface area contributed by atoms with Crippen molar-refractivity contribution in [3.05, 3.63) is 0 Å². The van der Waals surface area contributed by atoms with Gasteiger partial charge in [0.15, 0.2) is 0 Å². The minimum atomic E-state index is 0.255. The van der Waals surface area contributed by atoms with Crippen LogP contribution < -0.4 is 5.73 Å². The molecule has 0 aromatic rings. The third kappa shape index (κ3) is 2.88. The molecule has 3 rings (SSSR count). The van der Waals surface area contributed by atoms with E-state index in [1.807, 2.05) is 0 Å². The maximum absolute atomic E-state index is 12.8. The third-order valence-corrected chi connectivity index (χ3v) is 6.19. The summed E-state index contributed by atoms with van der Waals surface area (Å²) in [6.07, 6.45) is 9.82. The van der Waals surface area contributed by atoms with Crippen LogP contribution in [0, 0.1) is 23.7 Å². The number of amides is 1. The molecule has 5 atom stereocenters. The van der Waals surface area contributed by atoms with Crippen LogP contribution in [0.4, 0.5) is 0 Å². The second kappa shape index (κ2) is 6.05. The number of nitrogens with two attached hydrogens (primary N) is 1. The molecule has 1 saturated heterocycles. The first kappa shape index (κ1) is 14.4. The number of rotatable bonds is 1. The van der Waals surface area contributed by atoms with Gasteiger partial charge in [-0.25, -0.2) is 0 Å². The fourth-order valence-corrected chi connectivity index (χ4v) is 4.70. The van der Waals surface area contributed by atoms with Crippen molar-refractivity contribution < 1.29 is 4.79 Å². The van der Waals surface area contributed by atoms with Gasteiger partial charge in [-0.15, -0.1) is 0 Å². The third-order valence-electron chi connectivity index (χ3n) is 6.19. The molecule has 114 valence electrons. The molecule has 1 aliphatic heterocycles. The van der Waals surface area contributed by atoms with E-state index in [1.54, 1.807) is 0 Å². The number of hydrogen-bond donors (Lipinski definition) is 1. The molecule has 20 heavy (non-hydrogen) atoms. The zero-order valence-electron chi connectivity index (χ0n) is 12.9. The summed E-state index contributed by atoms with van der Waals surface area (Å²) in [4.78, 5) is 15.0. The predicted octanol–water partition coefficient (Wildman–Crippen LogP) is 2.79. The number of fused-ring (bicyclic) bond motifs is 1. The van der Waals surface area contributed by atoms with Crippen molar-refractivity contribution in [1.29, 1.82) is 0 Å². The Hall–Kier alpha value is -0.570. The van der Waals surface area contributed by atoms with Crippen LogP contribution in [-0.4, -0.2) is 29.9 Å². The number of likely N-dealkylation sites (tertiary alicyclic amines) is 1. The lowest BCUT2D eigenvalue weighted by Crippen LogP contribution is -2.48. The van der Waals surface area contributed by atoms with Crippen LogP contribution in [0.25, 0.3) is 0 Å². The van der Waals surface area contributed by atoms with E-state index in [0.717, 1.165) is 44.2 Å². The minimum absolute atomic E-state index is 0.255. The van der Waals surface area contributed by atoms with Crippen molar-refractivity contribution >= 4 is 5.91 Å². The van der Waals surface area contributed by atoms with Crippen molar-refractivity contribution in [2.75, 3.05) is 13.1 Å². The van der Waals surface area contributed by atoms with E-state index in [9.17, 15) is 4.79 Å². The first-order chi connectivity index (χ1) is 9.65. The largest absolute Gasteiger partial charge is 0.342 e. The summed E-state index contributed by atoms with van der Waals surface area (Å²) >= 11 is 0. The van der Waals surface area contributed by atoms with Crippen LogP contribution >= 0.6 is 0 Å². The molecule has 0 spiro atoms. The molecule has 3 nitrogen and oxygen atoms in total. The van der Waals surface area contributed by atoms with E-state index in [-0.39, 0.29) is 5.92 Å². The molecule has 5 unspecified atom stereocenters. The normalized spacial score (nSPS) is 42.1. The highest BCUT2D eigenvalue weighted by Gasteiger charge is 2.37. The summed E-state index contributed by atoms with van der Waals surface area (Å²) < 4.78 is 0. The molecule has 3 heteroatoms. The van der Waals surface area contributed by atoms with E-state index in [4.69, 9.17) is 5.73 Å². The Morgan fingerprint density at radius 2 is 1.80 bits per heavy atom. The van der Waals surface area contributed by atoms with E-state index in [0.29, 0.717) is 17.9 Å². The van der Waals surface area contributed by atoms with Crippen LogP contribution in [0.5, 0.6) is 0 Å². The molecular formula is C17H30N2O. The molecule has 1 amide bonds. The summed E-state index contributed by atoms with van der Waals surface area (Å²) in [6.45, 7) is 4.26. The molecule has 3 fully saturated rings. The van der Waals surface area contributed by atoms with E-state index in [1.165, 1.54) is 32.1 Å². The first-order valence-corrected chi connectivity index (χ1v) is 8.69. The lowest BCUT2D eigenvalue weighted by Gasteiger charge is -2.43. The minimum Gasteiger partial charge on any atom is -0.342 e. The standard InChI is InChI=1S/C17H30N2O/c1-12-10-14(6-7-16(12)18)17(20)19-9-8-13-4-2-3-5-15(13)11-19/h12-16H,2-11,18H2,1H3. The lowest BCUT2D eigenvalue weighted by atomic mass is 9.74. The molecule has 0 bridgehead atoms. The first-order valence-electron chi connectivity index (χ1n) is 8.69. The maximum Gasteiger partial charge on any atom is 0.225 e. The van der Waals surface area contributed by atoms with Crippen LogP contribution in [0.3, 0.4) is 0 Å². The van der Waals surface area contributed by atoms with E-state index < -0.39 is 0 Å². The Morgan fingerprint density at radius 1 is 1.05 bits per heavy atom. The summed E-state index contributed by atoms with van der Waals surface area (Å²) in [7, 11) is 0. The van der Waals surface area contributed by atoms with Gasteiger partial charge in [-0.3, -0.25) is 4.79 Å². The smallest absolute Gasteiger partial charge is 0.225 e. The second-order valence-electron chi connectivity index (χ2n) is 7.53. The maximum atomic E-state index is 12.8. The summed E-state index contributed by atoms with van der Waals surface area (Å²) in [5.41, 5.74) is 6.08. The Kier molecular flexibility index (Phi) is 4.34. The van der Waals surface area contributed by atoms with Gasteiger partial charge in [0.2, 0.25) is 5.91 Å². The fourth-order valence-electron chi connectivity index (χ4n) is 4.70. The highest BCUT2D eigenvalue weighted by atomic mass is 16.2. The highest BCUT2D eigenvalue weighted by Crippen LogP contribution is 2.37. The monoisotopic (exact) mass is 278 g/mol. The van der Waals surface area contributed by atoms with Crippen molar-refractivity contribution in [3.63, 3.8) is 0 Å². The Balaban J connectivity index is 1.57. The van der Waals surface area contributed by atoms with Crippen LogP contribution in [-0.2, 0) is 4.79 Å². The molecule has 3 aliphatic rings. The Labute approximate surface area is 123 Å². The average Bonchev–Trinajstić information content (AvgIpc) is 2.49. The topological polar surface area (TPSA) is 46.3 Å². The SMILES string of the molecule is CC1CC(C(=O)N2CCC3CCCCC3C2)CCC1N. The molecule has 2 aliphatic carbocycles. The van der Waals surface area contributed by atoms with E-state index >= 15 is 0 Å². The van der Waals surface area contributed by atoms with E-state index in [2.05, 4.69) is 11.8 Å². The zero-order chi connectivity index (χ0) is 14.1. The van der Waals surface area contributed by atoms with Crippen molar-refractivity contribution in [1.82, 2.24) is 4.90 Å². The van der Waals surface area contributed by atoms with Crippen LogP contribution in [0.2, 0.25) is 0 Å². The second-order valence-corrected chi connectivity index (χ2v) is 7.53. The number of piperidine rings is 1.